The lowest BCUT2D eigenvalue weighted by Crippen LogP contribution is -2.45. The third-order valence-electron chi connectivity index (χ3n) is 6.29. The number of hydrogen-bond acceptors (Lipinski definition) is 4. The van der Waals surface area contributed by atoms with Crippen molar-refractivity contribution < 1.29 is 14.7 Å². The van der Waals surface area contributed by atoms with Gasteiger partial charge in [-0.05, 0) is 65.1 Å². The van der Waals surface area contributed by atoms with Crippen LogP contribution in [0.1, 0.15) is 58.4 Å². The summed E-state index contributed by atoms with van der Waals surface area (Å²) in [5.74, 6) is 0.393. The largest absolute Gasteiger partial charge is 0.388 e. The molecule has 3 rings (SSSR count). The number of rotatable bonds is 5. The van der Waals surface area contributed by atoms with E-state index in [1.54, 1.807) is 27.7 Å². The minimum absolute atomic E-state index is 0.0772. The summed E-state index contributed by atoms with van der Waals surface area (Å²) in [6.45, 7) is 9.24. The topological polar surface area (TPSA) is 57.6 Å². The minimum Gasteiger partial charge on any atom is -0.388 e. The number of β-amino-alcohol motifs (C(OH)–C–C–N with tert-alkyl or cyclic N) is 1. The summed E-state index contributed by atoms with van der Waals surface area (Å²) in [6.07, 6.45) is 2.35. The molecule has 4 heteroatoms. The highest BCUT2D eigenvalue weighted by molar-refractivity contribution is 6.24. The highest BCUT2D eigenvalue weighted by Crippen LogP contribution is 2.32. The van der Waals surface area contributed by atoms with Crippen LogP contribution < -0.4 is 0 Å². The second-order valence-electron chi connectivity index (χ2n) is 8.65. The first-order chi connectivity index (χ1) is 13.2. The van der Waals surface area contributed by atoms with Gasteiger partial charge in [-0.1, -0.05) is 30.3 Å². The van der Waals surface area contributed by atoms with E-state index < -0.39 is 5.60 Å². The fourth-order valence-electron chi connectivity index (χ4n) is 4.44. The molecular weight excluding hydrogens is 350 g/mol. The molecule has 1 N–H and O–H groups in total. The Morgan fingerprint density at radius 2 is 1.54 bits per heavy atom. The van der Waals surface area contributed by atoms with E-state index in [4.69, 9.17) is 0 Å². The van der Waals surface area contributed by atoms with Gasteiger partial charge in [-0.3, -0.25) is 9.59 Å². The van der Waals surface area contributed by atoms with Crippen LogP contribution in [0.25, 0.3) is 0 Å². The van der Waals surface area contributed by atoms with Crippen LogP contribution in [0.15, 0.2) is 52.6 Å². The van der Waals surface area contributed by atoms with Crippen molar-refractivity contribution in [2.75, 3.05) is 19.6 Å². The molecule has 1 aliphatic carbocycles. The van der Waals surface area contributed by atoms with Gasteiger partial charge >= 0.3 is 0 Å². The summed E-state index contributed by atoms with van der Waals surface area (Å²) in [5, 5.41) is 11.0. The summed E-state index contributed by atoms with van der Waals surface area (Å²) in [4.78, 5) is 27.3. The summed E-state index contributed by atoms with van der Waals surface area (Å²) in [5.41, 5.74) is 2.32. The van der Waals surface area contributed by atoms with Gasteiger partial charge in [0.15, 0.2) is 11.6 Å². The van der Waals surface area contributed by atoms with E-state index >= 15 is 0 Å². The van der Waals surface area contributed by atoms with Crippen LogP contribution in [0.2, 0.25) is 0 Å². The van der Waals surface area contributed by atoms with Crippen molar-refractivity contribution in [1.82, 2.24) is 4.90 Å². The van der Waals surface area contributed by atoms with Crippen molar-refractivity contribution >= 4 is 11.6 Å². The van der Waals surface area contributed by atoms with Gasteiger partial charge < -0.3 is 10.0 Å². The van der Waals surface area contributed by atoms with Crippen molar-refractivity contribution in [3.05, 3.63) is 58.2 Å². The molecule has 1 atom stereocenters. The monoisotopic (exact) mass is 381 g/mol. The molecule has 2 aliphatic rings. The zero-order valence-electron chi connectivity index (χ0n) is 17.4. The molecule has 0 spiro atoms. The average molecular weight is 382 g/mol. The van der Waals surface area contributed by atoms with E-state index in [0.717, 1.165) is 25.9 Å². The lowest BCUT2D eigenvalue weighted by molar-refractivity contribution is -0.117. The molecule has 0 amide bonds. The van der Waals surface area contributed by atoms with Crippen LogP contribution in [0, 0.1) is 0 Å². The Morgan fingerprint density at radius 1 is 0.964 bits per heavy atom. The maximum Gasteiger partial charge on any atom is 0.185 e. The van der Waals surface area contributed by atoms with Gasteiger partial charge in [0.25, 0.3) is 0 Å². The number of carbonyl (C=O) groups excluding carboxylic acids is 2. The number of carbonyl (C=O) groups is 2. The van der Waals surface area contributed by atoms with Gasteiger partial charge in [-0.25, -0.2) is 0 Å². The quantitative estimate of drug-likeness (QED) is 0.788. The van der Waals surface area contributed by atoms with Crippen molar-refractivity contribution in [2.45, 2.75) is 58.5 Å². The Hall–Kier alpha value is -2.04. The number of ketones is 2. The number of benzene rings is 1. The van der Waals surface area contributed by atoms with Crippen molar-refractivity contribution in [1.29, 1.82) is 0 Å². The maximum atomic E-state index is 12.7. The van der Waals surface area contributed by atoms with Crippen LogP contribution in [0.4, 0.5) is 0 Å². The fourth-order valence-corrected chi connectivity index (χ4v) is 4.44. The van der Waals surface area contributed by atoms with Crippen LogP contribution >= 0.6 is 0 Å². The van der Waals surface area contributed by atoms with Crippen LogP contribution in [-0.2, 0) is 9.59 Å². The Balaban J connectivity index is 1.62. The number of Topliss-reactive ketones (excluding diaryl/α,β-unsaturated/α-hetero) is 2. The van der Waals surface area contributed by atoms with Gasteiger partial charge in [0.05, 0.1) is 5.60 Å². The van der Waals surface area contributed by atoms with Crippen LogP contribution in [-0.4, -0.2) is 46.8 Å². The number of likely N-dealkylation sites (tertiary alicyclic amines) is 1. The number of piperidine rings is 1. The summed E-state index contributed by atoms with van der Waals surface area (Å²) >= 11 is 0. The zero-order valence-corrected chi connectivity index (χ0v) is 17.4. The number of allylic oxidation sites excluding steroid dienone is 3. The first kappa shape index (κ1) is 20.7. The van der Waals surface area contributed by atoms with Crippen molar-refractivity contribution in [2.24, 2.45) is 0 Å². The highest BCUT2D eigenvalue weighted by atomic mass is 16.3. The summed E-state index contributed by atoms with van der Waals surface area (Å²) in [6, 6.07) is 10.6. The number of aliphatic hydroxyl groups is 1. The first-order valence-electron chi connectivity index (χ1n) is 10.2. The summed E-state index contributed by atoms with van der Waals surface area (Å²) < 4.78 is 0. The molecule has 1 saturated heterocycles. The molecule has 28 heavy (non-hydrogen) atoms. The molecule has 4 nitrogen and oxygen atoms in total. The van der Waals surface area contributed by atoms with Crippen LogP contribution in [0.5, 0.6) is 0 Å². The number of nitrogens with zero attached hydrogens (tertiary/aromatic N) is 1. The lowest BCUT2D eigenvalue weighted by atomic mass is 9.80. The molecule has 1 aromatic carbocycles. The molecule has 1 aromatic rings. The van der Waals surface area contributed by atoms with E-state index in [2.05, 4.69) is 29.2 Å². The predicted molar refractivity (Wildman–Crippen MR) is 111 cm³/mol. The molecule has 0 radical (unpaired) electrons. The lowest BCUT2D eigenvalue weighted by Gasteiger charge is -2.37. The van der Waals surface area contributed by atoms with E-state index in [9.17, 15) is 14.7 Å². The average Bonchev–Trinajstić information content (AvgIpc) is 2.69. The number of hydrogen-bond donors (Lipinski definition) is 1. The van der Waals surface area contributed by atoms with Gasteiger partial charge in [0, 0.05) is 35.3 Å². The molecule has 1 aliphatic heterocycles. The smallest absolute Gasteiger partial charge is 0.185 e. The predicted octanol–water partition coefficient (Wildman–Crippen LogP) is 3.81. The van der Waals surface area contributed by atoms with E-state index in [-0.39, 0.29) is 18.0 Å². The Bertz CT molecular complexity index is 825. The highest BCUT2D eigenvalue weighted by Gasteiger charge is 2.34. The Kier molecular flexibility index (Phi) is 6.01. The molecule has 150 valence electrons. The first-order valence-corrected chi connectivity index (χ1v) is 10.2. The van der Waals surface area contributed by atoms with Crippen molar-refractivity contribution in [3.63, 3.8) is 0 Å². The van der Waals surface area contributed by atoms with E-state index in [1.807, 2.05) is 6.07 Å². The Morgan fingerprint density at radius 3 is 2.14 bits per heavy atom. The zero-order chi connectivity index (χ0) is 20.5. The van der Waals surface area contributed by atoms with E-state index in [0.29, 0.717) is 34.8 Å². The molecule has 1 heterocycles. The second kappa shape index (κ2) is 8.14. The third-order valence-corrected chi connectivity index (χ3v) is 6.29. The molecular formula is C24H31NO3. The Labute approximate surface area is 167 Å². The minimum atomic E-state index is -1.04. The summed E-state index contributed by atoms with van der Waals surface area (Å²) in [7, 11) is 0. The standard InChI is InChI=1S/C24H31NO3/c1-16-17(2)23(27)21(18(3)22(16)26)14-24(4,28)15-25-12-10-20(11-13-25)19-8-6-5-7-9-19/h5-9,20,28H,10-15H2,1-4H3. The van der Waals surface area contributed by atoms with Gasteiger partial charge in [0.2, 0.25) is 0 Å². The van der Waals surface area contributed by atoms with Gasteiger partial charge in [0.1, 0.15) is 0 Å². The fraction of sp³-hybridized carbons (Fsp3) is 0.500. The second-order valence-corrected chi connectivity index (χ2v) is 8.65. The molecule has 1 unspecified atom stereocenters. The molecule has 0 bridgehead atoms. The molecule has 1 fully saturated rings. The SMILES string of the molecule is CC1=C(C)C(=O)C(CC(C)(O)CN2CCC(c3ccccc3)CC2)=C(C)C1=O. The molecule has 0 saturated carbocycles. The van der Waals surface area contributed by atoms with Gasteiger partial charge in [-0.15, -0.1) is 0 Å². The maximum absolute atomic E-state index is 12.7. The normalized spacial score (nSPS) is 22.0. The van der Waals surface area contributed by atoms with E-state index in [1.165, 1.54) is 5.56 Å². The third kappa shape index (κ3) is 4.34. The van der Waals surface area contributed by atoms with Crippen LogP contribution in [0.3, 0.4) is 0 Å². The van der Waals surface area contributed by atoms with Crippen molar-refractivity contribution in [3.8, 4) is 0 Å². The molecule has 0 aromatic heterocycles. The van der Waals surface area contributed by atoms with Gasteiger partial charge in [-0.2, -0.15) is 0 Å².